The van der Waals surface area contributed by atoms with Gasteiger partial charge in [-0.15, -0.1) is 11.3 Å². The second-order valence-electron chi connectivity index (χ2n) is 5.82. The lowest BCUT2D eigenvalue weighted by atomic mass is 10.1. The maximum absolute atomic E-state index is 11.7. The van der Waals surface area contributed by atoms with Gasteiger partial charge in [-0.2, -0.15) is 0 Å². The molecule has 1 saturated heterocycles. The first-order valence-corrected chi connectivity index (χ1v) is 8.13. The summed E-state index contributed by atoms with van der Waals surface area (Å²) in [7, 11) is 5.67. The van der Waals surface area contributed by atoms with Gasteiger partial charge >= 0.3 is 0 Å². The number of rotatable bonds is 5. The lowest BCUT2D eigenvalue weighted by Gasteiger charge is -2.39. The normalized spacial score (nSPS) is 20.7. The van der Waals surface area contributed by atoms with Crippen molar-refractivity contribution >= 4 is 17.2 Å². The van der Waals surface area contributed by atoms with Gasteiger partial charge in [0, 0.05) is 58.2 Å². The van der Waals surface area contributed by atoms with Crippen LogP contribution in [0.3, 0.4) is 0 Å². The third kappa shape index (κ3) is 4.47. The van der Waals surface area contributed by atoms with E-state index in [2.05, 4.69) is 27.2 Å². The topological polar surface area (TPSA) is 65.7 Å². The molecular weight excluding hydrogens is 286 g/mol. The molecule has 118 valence electrons. The molecule has 21 heavy (non-hydrogen) atoms. The Kier molecular flexibility index (Phi) is 5.69. The van der Waals surface area contributed by atoms with E-state index in [1.807, 2.05) is 0 Å². The zero-order chi connectivity index (χ0) is 15.4. The minimum atomic E-state index is 0.0929. The third-order valence-electron chi connectivity index (χ3n) is 3.85. The number of thiazole rings is 1. The second-order valence-corrected chi connectivity index (χ2v) is 6.76. The number of hydrogen-bond donors (Lipinski definition) is 1. The third-order valence-corrected chi connectivity index (χ3v) is 4.74. The van der Waals surface area contributed by atoms with E-state index in [1.165, 1.54) is 0 Å². The molecule has 1 fully saturated rings. The Morgan fingerprint density at radius 1 is 1.52 bits per heavy atom. The predicted molar refractivity (Wildman–Crippen MR) is 85.3 cm³/mol. The van der Waals surface area contributed by atoms with Gasteiger partial charge in [-0.3, -0.25) is 9.69 Å². The first-order valence-electron chi connectivity index (χ1n) is 7.25. The molecule has 6 nitrogen and oxygen atoms in total. The number of nitrogens with zero attached hydrogens (tertiary/aromatic N) is 4. The van der Waals surface area contributed by atoms with Crippen molar-refractivity contribution in [3.05, 3.63) is 16.1 Å². The summed E-state index contributed by atoms with van der Waals surface area (Å²) >= 11 is 1.57. The largest absolute Gasteiger partial charge is 0.348 e. The molecule has 1 aliphatic rings. The van der Waals surface area contributed by atoms with Gasteiger partial charge < -0.3 is 15.5 Å². The van der Waals surface area contributed by atoms with Crippen LogP contribution in [-0.2, 0) is 17.8 Å². The predicted octanol–water partition coefficient (Wildman–Crippen LogP) is -0.151. The SMILES string of the molecule is CN1CCN(Cc2csc(CC(=O)N(C)C)n2)C(CN)C1. The highest BCUT2D eigenvalue weighted by Gasteiger charge is 2.24. The summed E-state index contributed by atoms with van der Waals surface area (Å²) in [4.78, 5) is 22.6. The maximum Gasteiger partial charge on any atom is 0.228 e. The molecule has 1 atom stereocenters. The number of amides is 1. The van der Waals surface area contributed by atoms with E-state index in [9.17, 15) is 4.79 Å². The van der Waals surface area contributed by atoms with Gasteiger partial charge in [0.15, 0.2) is 0 Å². The molecule has 0 aromatic carbocycles. The van der Waals surface area contributed by atoms with E-state index < -0.39 is 0 Å². The smallest absolute Gasteiger partial charge is 0.228 e. The number of nitrogens with two attached hydrogens (primary N) is 1. The van der Waals surface area contributed by atoms with Crippen LogP contribution in [0.5, 0.6) is 0 Å². The van der Waals surface area contributed by atoms with E-state index in [0.717, 1.165) is 36.9 Å². The quantitative estimate of drug-likeness (QED) is 0.819. The number of piperazine rings is 1. The summed E-state index contributed by atoms with van der Waals surface area (Å²) in [6, 6.07) is 0.386. The lowest BCUT2D eigenvalue weighted by molar-refractivity contribution is -0.127. The first kappa shape index (κ1) is 16.4. The molecular formula is C14H25N5OS. The number of likely N-dealkylation sites (N-methyl/N-ethyl adjacent to an activating group) is 2. The van der Waals surface area contributed by atoms with Crippen LogP contribution in [-0.4, -0.2) is 79.0 Å². The van der Waals surface area contributed by atoms with Gasteiger partial charge in [-0.25, -0.2) is 4.98 Å². The molecule has 0 radical (unpaired) electrons. The van der Waals surface area contributed by atoms with Gasteiger partial charge in [0.1, 0.15) is 5.01 Å². The standard InChI is InChI=1S/C14H25N5OS/c1-17(2)14(20)6-13-16-11(10-21-13)8-19-5-4-18(3)9-12(19)7-15/h10,12H,4-9,15H2,1-3H3. The van der Waals surface area contributed by atoms with Gasteiger partial charge in [-0.05, 0) is 7.05 Å². The summed E-state index contributed by atoms with van der Waals surface area (Å²) < 4.78 is 0. The highest BCUT2D eigenvalue weighted by atomic mass is 32.1. The molecule has 2 rings (SSSR count). The van der Waals surface area contributed by atoms with Crippen molar-refractivity contribution in [1.82, 2.24) is 19.7 Å². The highest BCUT2D eigenvalue weighted by molar-refractivity contribution is 7.09. The fourth-order valence-corrected chi connectivity index (χ4v) is 3.25. The molecule has 2 N–H and O–H groups in total. The first-order chi connectivity index (χ1) is 9.99. The molecule has 0 aliphatic carbocycles. The Balaban J connectivity index is 1.94. The molecule has 1 unspecified atom stereocenters. The summed E-state index contributed by atoms with van der Waals surface area (Å²) in [6.45, 7) is 4.57. The Morgan fingerprint density at radius 3 is 2.95 bits per heavy atom. The minimum absolute atomic E-state index is 0.0929. The number of aromatic nitrogens is 1. The van der Waals surface area contributed by atoms with E-state index in [0.29, 0.717) is 19.0 Å². The Hall–Kier alpha value is -1.02. The van der Waals surface area contributed by atoms with Crippen molar-refractivity contribution in [2.45, 2.75) is 19.0 Å². The van der Waals surface area contributed by atoms with Crippen LogP contribution >= 0.6 is 11.3 Å². The summed E-state index contributed by atoms with van der Waals surface area (Å²) in [5, 5.41) is 2.95. The highest BCUT2D eigenvalue weighted by Crippen LogP contribution is 2.16. The van der Waals surface area contributed by atoms with Crippen molar-refractivity contribution in [3.63, 3.8) is 0 Å². The maximum atomic E-state index is 11.7. The summed E-state index contributed by atoms with van der Waals surface area (Å²) in [6.07, 6.45) is 0.390. The van der Waals surface area contributed by atoms with E-state index in [1.54, 1.807) is 30.3 Å². The molecule has 0 bridgehead atoms. The lowest BCUT2D eigenvalue weighted by Crippen LogP contribution is -2.54. The van der Waals surface area contributed by atoms with Crippen molar-refractivity contribution in [2.75, 3.05) is 47.3 Å². The zero-order valence-electron chi connectivity index (χ0n) is 13.1. The van der Waals surface area contributed by atoms with E-state index in [-0.39, 0.29) is 5.91 Å². The number of hydrogen-bond acceptors (Lipinski definition) is 6. The summed E-state index contributed by atoms with van der Waals surface area (Å²) in [5.41, 5.74) is 6.92. The van der Waals surface area contributed by atoms with E-state index >= 15 is 0 Å². The molecule has 7 heteroatoms. The molecule has 2 heterocycles. The molecule has 1 aromatic heterocycles. The fraction of sp³-hybridized carbons (Fsp3) is 0.714. The van der Waals surface area contributed by atoms with Crippen LogP contribution in [0, 0.1) is 0 Å². The van der Waals surface area contributed by atoms with Gasteiger partial charge in [0.2, 0.25) is 5.91 Å². The Bertz CT molecular complexity index is 476. The Labute approximate surface area is 130 Å². The fourth-order valence-electron chi connectivity index (χ4n) is 2.48. The molecule has 1 aromatic rings. The molecule has 1 amide bonds. The van der Waals surface area contributed by atoms with Crippen molar-refractivity contribution in [2.24, 2.45) is 5.73 Å². The van der Waals surface area contributed by atoms with Gasteiger partial charge in [-0.1, -0.05) is 0 Å². The van der Waals surface area contributed by atoms with E-state index in [4.69, 9.17) is 5.73 Å². The van der Waals surface area contributed by atoms with Crippen LogP contribution in [0.15, 0.2) is 5.38 Å². The van der Waals surface area contributed by atoms with Crippen LogP contribution in [0.1, 0.15) is 10.7 Å². The zero-order valence-corrected chi connectivity index (χ0v) is 13.9. The van der Waals surface area contributed by atoms with Gasteiger partial charge in [0.05, 0.1) is 12.1 Å². The number of carbonyl (C=O) groups is 1. The van der Waals surface area contributed by atoms with Crippen molar-refractivity contribution in [1.29, 1.82) is 0 Å². The average molecular weight is 311 g/mol. The van der Waals surface area contributed by atoms with Crippen LogP contribution < -0.4 is 5.73 Å². The monoisotopic (exact) mass is 311 g/mol. The van der Waals surface area contributed by atoms with Crippen molar-refractivity contribution in [3.8, 4) is 0 Å². The summed E-state index contributed by atoms with van der Waals surface area (Å²) in [5.74, 6) is 0.0929. The molecule has 1 aliphatic heterocycles. The van der Waals surface area contributed by atoms with Gasteiger partial charge in [0.25, 0.3) is 0 Å². The second kappa shape index (κ2) is 7.31. The van der Waals surface area contributed by atoms with Crippen LogP contribution in [0.4, 0.5) is 0 Å². The molecule has 0 saturated carbocycles. The average Bonchev–Trinajstić information content (AvgIpc) is 2.87. The van der Waals surface area contributed by atoms with Crippen molar-refractivity contribution < 1.29 is 4.79 Å². The van der Waals surface area contributed by atoms with Crippen LogP contribution in [0.25, 0.3) is 0 Å². The molecule has 0 spiro atoms. The minimum Gasteiger partial charge on any atom is -0.348 e. The van der Waals surface area contributed by atoms with Crippen LogP contribution in [0.2, 0.25) is 0 Å². The Morgan fingerprint density at radius 2 is 2.29 bits per heavy atom. The number of carbonyl (C=O) groups excluding carboxylic acids is 1.